The molecule has 4 heteroatoms. The van der Waals surface area contributed by atoms with E-state index < -0.39 is 0 Å². The van der Waals surface area contributed by atoms with Gasteiger partial charge in [-0.05, 0) is 71.8 Å². The van der Waals surface area contributed by atoms with Crippen LogP contribution in [0.2, 0.25) is 5.02 Å². The topological polar surface area (TPSA) is 29.5 Å². The first-order valence-electron chi connectivity index (χ1n) is 15.3. The maximum Gasteiger partial charge on any atom is 0.143 e. The number of furan rings is 2. The van der Waals surface area contributed by atoms with E-state index in [1.807, 2.05) is 36.4 Å². The molecule has 0 aliphatic rings. The van der Waals surface area contributed by atoms with Gasteiger partial charge < -0.3 is 13.7 Å². The van der Waals surface area contributed by atoms with E-state index in [4.69, 9.17) is 20.4 Å². The summed E-state index contributed by atoms with van der Waals surface area (Å²) >= 11 is 6.30. The highest BCUT2D eigenvalue weighted by molar-refractivity contribution is 6.30. The minimum Gasteiger partial charge on any atom is -0.455 e. The van der Waals surface area contributed by atoms with Gasteiger partial charge in [0.2, 0.25) is 0 Å². The lowest BCUT2D eigenvalue weighted by molar-refractivity contribution is 0.669. The quantitative estimate of drug-likeness (QED) is 0.194. The molecule has 0 saturated carbocycles. The molecule has 218 valence electrons. The summed E-state index contributed by atoms with van der Waals surface area (Å²) in [6, 6.07) is 54.3. The molecule has 0 aliphatic heterocycles. The van der Waals surface area contributed by atoms with Crippen molar-refractivity contribution >= 4 is 72.5 Å². The van der Waals surface area contributed by atoms with Crippen molar-refractivity contribution in [1.82, 2.24) is 0 Å². The number of hydrogen-bond donors (Lipinski definition) is 0. The van der Waals surface area contributed by atoms with E-state index in [1.54, 1.807) is 0 Å². The summed E-state index contributed by atoms with van der Waals surface area (Å²) < 4.78 is 12.7. The number of halogens is 1. The molecule has 0 radical (unpaired) electrons. The summed E-state index contributed by atoms with van der Waals surface area (Å²) in [5.74, 6) is 0. The lowest BCUT2D eigenvalue weighted by Crippen LogP contribution is -2.09. The Morgan fingerprint density at radius 1 is 0.370 bits per heavy atom. The average Bonchev–Trinajstić information content (AvgIpc) is 3.69. The zero-order valence-corrected chi connectivity index (χ0v) is 25.4. The van der Waals surface area contributed by atoms with Gasteiger partial charge in [0, 0.05) is 54.8 Å². The van der Waals surface area contributed by atoms with Crippen molar-refractivity contribution in [3.63, 3.8) is 0 Å². The lowest BCUT2D eigenvalue weighted by Gasteiger charge is -2.26. The van der Waals surface area contributed by atoms with Gasteiger partial charge in [0.05, 0.1) is 0 Å². The third-order valence-corrected chi connectivity index (χ3v) is 9.02. The molecule has 2 heterocycles. The zero-order chi connectivity index (χ0) is 30.6. The number of para-hydroxylation sites is 4. The number of nitrogens with zero attached hydrogens (tertiary/aromatic N) is 1. The lowest BCUT2D eigenvalue weighted by atomic mass is 10.0. The summed E-state index contributed by atoms with van der Waals surface area (Å²) in [6.07, 6.45) is 0. The van der Waals surface area contributed by atoms with Gasteiger partial charge >= 0.3 is 0 Å². The molecule has 0 amide bonds. The monoisotopic (exact) mass is 611 g/mol. The maximum absolute atomic E-state index is 6.33. The van der Waals surface area contributed by atoms with E-state index in [0.29, 0.717) is 5.02 Å². The van der Waals surface area contributed by atoms with E-state index in [0.717, 1.165) is 83.2 Å². The Bertz CT molecular complexity index is 2370. The molecule has 0 unspecified atom stereocenters. The van der Waals surface area contributed by atoms with Gasteiger partial charge in [-0.3, -0.25) is 0 Å². The van der Waals surface area contributed by atoms with Gasteiger partial charge in [0.25, 0.3) is 0 Å². The van der Waals surface area contributed by atoms with Crippen LogP contribution in [-0.4, -0.2) is 0 Å². The first kappa shape index (κ1) is 26.6. The van der Waals surface area contributed by atoms with Crippen LogP contribution in [0.25, 0.3) is 66.1 Å². The smallest absolute Gasteiger partial charge is 0.143 e. The second-order valence-electron chi connectivity index (χ2n) is 11.5. The molecule has 46 heavy (non-hydrogen) atoms. The highest BCUT2D eigenvalue weighted by Gasteiger charge is 2.17. The summed E-state index contributed by atoms with van der Waals surface area (Å²) in [6.45, 7) is 0. The SMILES string of the molecule is Clc1ccc(N(c2ccc(-c3cccc4c3oc3ccccc34)cc2)c2ccc(-c3cccc4c3oc3ccccc34)cc2)cc1. The standard InChI is InChI=1S/C42H26ClNO2/c43-29-19-25-32(26-20-29)44(30-21-15-27(16-22-30)33-9-5-11-37-35-7-1-3-13-39(35)45-41(33)37)31-23-17-28(18-24-31)34-10-6-12-38-36-8-2-4-14-40(36)46-42(34)38/h1-26H. The Morgan fingerprint density at radius 3 is 1.22 bits per heavy atom. The van der Waals surface area contributed by atoms with Crippen molar-refractivity contribution in [2.45, 2.75) is 0 Å². The normalized spacial score (nSPS) is 11.6. The van der Waals surface area contributed by atoms with Crippen LogP contribution in [0.3, 0.4) is 0 Å². The molecule has 0 N–H and O–H groups in total. The first-order valence-corrected chi connectivity index (χ1v) is 15.7. The molecular formula is C42H26ClNO2. The molecule has 9 aromatic rings. The highest BCUT2D eigenvalue weighted by atomic mass is 35.5. The average molecular weight is 612 g/mol. The molecule has 0 saturated heterocycles. The summed E-state index contributed by atoms with van der Waals surface area (Å²) in [5.41, 5.74) is 11.0. The van der Waals surface area contributed by atoms with Crippen LogP contribution in [0, 0.1) is 0 Å². The summed E-state index contributed by atoms with van der Waals surface area (Å²) in [4.78, 5) is 2.24. The van der Waals surface area contributed by atoms with Crippen molar-refractivity contribution in [2.24, 2.45) is 0 Å². The van der Waals surface area contributed by atoms with E-state index in [1.165, 1.54) is 0 Å². The Morgan fingerprint density at radius 2 is 0.761 bits per heavy atom. The maximum atomic E-state index is 6.33. The molecular weight excluding hydrogens is 586 g/mol. The van der Waals surface area contributed by atoms with Crippen molar-refractivity contribution in [3.05, 3.63) is 163 Å². The predicted octanol–water partition coefficient (Wildman–Crippen LogP) is 12.9. The van der Waals surface area contributed by atoms with E-state index in [2.05, 4.69) is 126 Å². The van der Waals surface area contributed by atoms with Gasteiger partial charge in [-0.25, -0.2) is 0 Å². The molecule has 0 atom stereocenters. The fourth-order valence-electron chi connectivity index (χ4n) is 6.57. The Hall–Kier alpha value is -5.77. The molecule has 0 spiro atoms. The van der Waals surface area contributed by atoms with Crippen LogP contribution < -0.4 is 4.90 Å². The van der Waals surface area contributed by atoms with Crippen LogP contribution >= 0.6 is 11.6 Å². The fourth-order valence-corrected chi connectivity index (χ4v) is 6.69. The second kappa shape index (κ2) is 10.7. The number of anilines is 3. The van der Waals surface area contributed by atoms with Crippen molar-refractivity contribution in [3.8, 4) is 22.3 Å². The first-order chi connectivity index (χ1) is 22.7. The number of rotatable bonds is 5. The fraction of sp³-hybridized carbons (Fsp3) is 0. The molecule has 9 rings (SSSR count). The Kier molecular flexibility index (Phi) is 6.19. The third-order valence-electron chi connectivity index (χ3n) is 8.77. The van der Waals surface area contributed by atoms with Crippen molar-refractivity contribution in [2.75, 3.05) is 4.90 Å². The molecule has 0 bridgehead atoms. The minimum absolute atomic E-state index is 0.701. The number of benzene rings is 7. The molecule has 7 aromatic carbocycles. The largest absolute Gasteiger partial charge is 0.455 e. The van der Waals surface area contributed by atoms with Crippen LogP contribution in [0.4, 0.5) is 17.1 Å². The van der Waals surface area contributed by atoms with E-state index in [9.17, 15) is 0 Å². The third kappa shape index (κ3) is 4.36. The minimum atomic E-state index is 0.701. The van der Waals surface area contributed by atoms with Gasteiger partial charge in [-0.1, -0.05) is 109 Å². The van der Waals surface area contributed by atoms with Gasteiger partial charge in [-0.2, -0.15) is 0 Å². The summed E-state index contributed by atoms with van der Waals surface area (Å²) in [5, 5.41) is 5.21. The van der Waals surface area contributed by atoms with Crippen molar-refractivity contribution in [1.29, 1.82) is 0 Å². The van der Waals surface area contributed by atoms with Gasteiger partial charge in [0.15, 0.2) is 0 Å². The van der Waals surface area contributed by atoms with Crippen LogP contribution in [-0.2, 0) is 0 Å². The summed E-state index contributed by atoms with van der Waals surface area (Å²) in [7, 11) is 0. The number of hydrogen-bond acceptors (Lipinski definition) is 3. The van der Waals surface area contributed by atoms with Crippen LogP contribution in [0.15, 0.2) is 167 Å². The zero-order valence-electron chi connectivity index (χ0n) is 24.7. The van der Waals surface area contributed by atoms with E-state index in [-0.39, 0.29) is 0 Å². The van der Waals surface area contributed by atoms with Crippen molar-refractivity contribution < 1.29 is 8.83 Å². The van der Waals surface area contributed by atoms with Crippen LogP contribution in [0.5, 0.6) is 0 Å². The molecule has 2 aromatic heterocycles. The van der Waals surface area contributed by atoms with E-state index >= 15 is 0 Å². The van der Waals surface area contributed by atoms with Gasteiger partial charge in [0.1, 0.15) is 22.3 Å². The molecule has 0 aliphatic carbocycles. The highest BCUT2D eigenvalue weighted by Crippen LogP contribution is 2.41. The molecule has 0 fully saturated rings. The Labute approximate surface area is 270 Å². The number of fused-ring (bicyclic) bond motifs is 6. The molecule has 3 nitrogen and oxygen atoms in total. The second-order valence-corrected chi connectivity index (χ2v) is 11.9. The predicted molar refractivity (Wildman–Crippen MR) is 192 cm³/mol. The van der Waals surface area contributed by atoms with Crippen LogP contribution in [0.1, 0.15) is 0 Å². The van der Waals surface area contributed by atoms with Gasteiger partial charge in [-0.15, -0.1) is 0 Å². The Balaban J connectivity index is 1.11.